The summed E-state index contributed by atoms with van der Waals surface area (Å²) in [5.74, 6) is 0. The smallest absolute Gasteiger partial charge is 0.317 e. The summed E-state index contributed by atoms with van der Waals surface area (Å²) in [6.45, 7) is 6.30. The maximum absolute atomic E-state index is 12.0. The Balaban J connectivity index is 2.61. The van der Waals surface area contributed by atoms with Crippen LogP contribution in [0.15, 0.2) is 18.2 Å². The van der Waals surface area contributed by atoms with Crippen LogP contribution in [0, 0.1) is 0 Å². The van der Waals surface area contributed by atoms with Crippen molar-refractivity contribution < 1.29 is 9.90 Å². The van der Waals surface area contributed by atoms with Gasteiger partial charge in [0.05, 0.1) is 12.1 Å². The lowest BCUT2D eigenvalue weighted by molar-refractivity contribution is 0.0480. The monoisotopic (exact) mass is 318 g/mol. The van der Waals surface area contributed by atoms with Gasteiger partial charge in [-0.25, -0.2) is 4.79 Å². The molecule has 4 nitrogen and oxygen atoms in total. The van der Waals surface area contributed by atoms with E-state index in [1.165, 1.54) is 0 Å². The normalized spacial score (nSPS) is 11.3. The first kappa shape index (κ1) is 17.1. The molecule has 0 aliphatic carbocycles. The van der Waals surface area contributed by atoms with E-state index in [0.717, 1.165) is 5.56 Å². The molecule has 0 unspecified atom stereocenters. The van der Waals surface area contributed by atoms with Crippen LogP contribution in [0.5, 0.6) is 0 Å². The van der Waals surface area contributed by atoms with Crippen LogP contribution in [0.1, 0.15) is 26.3 Å². The van der Waals surface area contributed by atoms with Gasteiger partial charge in [-0.15, -0.1) is 0 Å². The second kappa shape index (κ2) is 7.16. The van der Waals surface area contributed by atoms with Crippen molar-refractivity contribution in [2.45, 2.75) is 32.9 Å². The van der Waals surface area contributed by atoms with Crippen molar-refractivity contribution in [3.63, 3.8) is 0 Å². The minimum Gasteiger partial charge on any atom is -0.389 e. The first-order valence-electron chi connectivity index (χ1n) is 6.42. The van der Waals surface area contributed by atoms with Gasteiger partial charge in [0, 0.05) is 23.1 Å². The van der Waals surface area contributed by atoms with Crippen LogP contribution in [-0.2, 0) is 6.54 Å². The molecule has 0 aliphatic rings. The van der Waals surface area contributed by atoms with Crippen LogP contribution in [0.3, 0.4) is 0 Å². The zero-order valence-electron chi connectivity index (χ0n) is 11.9. The average Bonchev–Trinajstić information content (AvgIpc) is 2.33. The minimum absolute atomic E-state index is 0.236. The summed E-state index contributed by atoms with van der Waals surface area (Å²) in [5.41, 5.74) is -0.130. The van der Waals surface area contributed by atoms with E-state index in [-0.39, 0.29) is 12.6 Å². The van der Waals surface area contributed by atoms with Crippen molar-refractivity contribution in [3.8, 4) is 0 Å². The van der Waals surface area contributed by atoms with Crippen LogP contribution in [0.25, 0.3) is 0 Å². The number of urea groups is 1. The number of hydrogen-bond donors (Lipinski definition) is 2. The maximum Gasteiger partial charge on any atom is 0.317 e. The molecule has 0 saturated carbocycles. The molecule has 0 aliphatic heterocycles. The van der Waals surface area contributed by atoms with E-state index in [1.807, 2.05) is 6.92 Å². The van der Waals surface area contributed by atoms with Crippen molar-refractivity contribution in [3.05, 3.63) is 33.8 Å². The molecular formula is C14H20Cl2N2O2. The zero-order valence-corrected chi connectivity index (χ0v) is 13.4. The summed E-state index contributed by atoms with van der Waals surface area (Å²) in [7, 11) is 0. The van der Waals surface area contributed by atoms with Gasteiger partial charge in [0.15, 0.2) is 0 Å². The van der Waals surface area contributed by atoms with E-state index in [9.17, 15) is 9.90 Å². The molecule has 0 bridgehead atoms. The fourth-order valence-corrected chi connectivity index (χ4v) is 2.22. The van der Waals surface area contributed by atoms with Crippen molar-refractivity contribution in [2.75, 3.05) is 13.1 Å². The predicted molar refractivity (Wildman–Crippen MR) is 82.2 cm³/mol. The number of carbonyl (C=O) groups excluding carboxylic acids is 1. The van der Waals surface area contributed by atoms with Crippen LogP contribution < -0.4 is 5.32 Å². The molecule has 112 valence electrons. The van der Waals surface area contributed by atoms with Gasteiger partial charge in [-0.05, 0) is 38.5 Å². The van der Waals surface area contributed by atoms with Crippen molar-refractivity contribution >= 4 is 29.2 Å². The molecule has 1 aromatic carbocycles. The summed E-state index contributed by atoms with van der Waals surface area (Å²) in [5, 5.41) is 13.6. The number of likely N-dealkylation sites (N-methyl/N-ethyl adjacent to an activating group) is 1. The molecule has 1 rings (SSSR count). The van der Waals surface area contributed by atoms with Gasteiger partial charge in [-0.3, -0.25) is 0 Å². The van der Waals surface area contributed by atoms with Crippen molar-refractivity contribution in [1.82, 2.24) is 10.2 Å². The Kier molecular flexibility index (Phi) is 6.11. The van der Waals surface area contributed by atoms with E-state index >= 15 is 0 Å². The SMILES string of the molecule is CCN(CC(C)(C)O)C(=O)NCc1ccc(Cl)cc1Cl. The third-order valence-electron chi connectivity index (χ3n) is 2.69. The van der Waals surface area contributed by atoms with Gasteiger partial charge in [0.25, 0.3) is 0 Å². The molecule has 0 aromatic heterocycles. The summed E-state index contributed by atoms with van der Waals surface area (Å²) in [6, 6.07) is 4.90. The van der Waals surface area contributed by atoms with Gasteiger partial charge in [0.2, 0.25) is 0 Å². The number of nitrogens with zero attached hydrogens (tertiary/aromatic N) is 1. The maximum atomic E-state index is 12.0. The first-order valence-corrected chi connectivity index (χ1v) is 7.17. The number of aliphatic hydroxyl groups is 1. The highest BCUT2D eigenvalue weighted by Crippen LogP contribution is 2.20. The fraction of sp³-hybridized carbons (Fsp3) is 0.500. The first-order chi connectivity index (χ1) is 9.23. The van der Waals surface area contributed by atoms with Crippen LogP contribution in [0.2, 0.25) is 10.0 Å². The Morgan fingerprint density at radius 2 is 2.05 bits per heavy atom. The van der Waals surface area contributed by atoms with Gasteiger partial charge >= 0.3 is 6.03 Å². The molecule has 0 radical (unpaired) electrons. The van der Waals surface area contributed by atoms with E-state index in [1.54, 1.807) is 36.9 Å². The second-order valence-electron chi connectivity index (χ2n) is 5.22. The Labute approximate surface area is 129 Å². The number of carbonyl (C=O) groups is 1. The largest absolute Gasteiger partial charge is 0.389 e. The Morgan fingerprint density at radius 3 is 2.55 bits per heavy atom. The number of halogens is 2. The van der Waals surface area contributed by atoms with Crippen LogP contribution in [0.4, 0.5) is 4.79 Å². The highest BCUT2D eigenvalue weighted by Gasteiger charge is 2.21. The Morgan fingerprint density at radius 1 is 1.40 bits per heavy atom. The van der Waals surface area contributed by atoms with Crippen molar-refractivity contribution in [2.24, 2.45) is 0 Å². The van der Waals surface area contributed by atoms with E-state index in [2.05, 4.69) is 5.32 Å². The zero-order chi connectivity index (χ0) is 15.3. The lowest BCUT2D eigenvalue weighted by atomic mass is 10.1. The van der Waals surface area contributed by atoms with Gasteiger partial charge in [-0.2, -0.15) is 0 Å². The lowest BCUT2D eigenvalue weighted by Gasteiger charge is -2.28. The highest BCUT2D eigenvalue weighted by molar-refractivity contribution is 6.35. The summed E-state index contributed by atoms with van der Waals surface area (Å²) >= 11 is 11.9. The van der Waals surface area contributed by atoms with Gasteiger partial charge in [0.1, 0.15) is 0 Å². The number of rotatable bonds is 5. The molecule has 20 heavy (non-hydrogen) atoms. The molecule has 0 fully saturated rings. The quantitative estimate of drug-likeness (QED) is 0.875. The number of amides is 2. The van der Waals surface area contributed by atoms with Gasteiger partial charge in [-0.1, -0.05) is 29.3 Å². The predicted octanol–water partition coefficient (Wildman–Crippen LogP) is 3.30. The molecule has 0 saturated heterocycles. The minimum atomic E-state index is -0.925. The standard InChI is InChI=1S/C14H20Cl2N2O2/c1-4-18(9-14(2,3)20)13(19)17-8-10-5-6-11(15)7-12(10)16/h5-7,20H,4,8-9H2,1-3H3,(H,17,19). The highest BCUT2D eigenvalue weighted by atomic mass is 35.5. The Bertz CT molecular complexity index is 473. The van der Waals surface area contributed by atoms with Crippen LogP contribution in [-0.4, -0.2) is 34.7 Å². The third kappa shape index (κ3) is 5.57. The summed E-state index contributed by atoms with van der Waals surface area (Å²) in [4.78, 5) is 13.6. The molecule has 0 heterocycles. The lowest BCUT2D eigenvalue weighted by Crippen LogP contribution is -2.46. The van der Waals surface area contributed by atoms with Crippen LogP contribution >= 0.6 is 23.2 Å². The number of nitrogens with one attached hydrogen (secondary N) is 1. The topological polar surface area (TPSA) is 52.6 Å². The summed E-state index contributed by atoms with van der Waals surface area (Å²) in [6.07, 6.45) is 0. The van der Waals surface area contributed by atoms with Gasteiger partial charge < -0.3 is 15.3 Å². The molecular weight excluding hydrogens is 299 g/mol. The Hall–Kier alpha value is -0.970. The molecule has 1 aromatic rings. The number of hydrogen-bond acceptors (Lipinski definition) is 2. The van der Waals surface area contributed by atoms with Crippen molar-refractivity contribution in [1.29, 1.82) is 0 Å². The second-order valence-corrected chi connectivity index (χ2v) is 6.06. The number of benzene rings is 1. The molecule has 2 amide bonds. The summed E-state index contributed by atoms with van der Waals surface area (Å²) < 4.78 is 0. The average molecular weight is 319 g/mol. The third-order valence-corrected chi connectivity index (χ3v) is 3.28. The molecule has 2 N–H and O–H groups in total. The molecule has 6 heteroatoms. The molecule has 0 atom stereocenters. The molecule has 0 spiro atoms. The van der Waals surface area contributed by atoms with E-state index < -0.39 is 5.60 Å². The fourth-order valence-electron chi connectivity index (χ4n) is 1.74. The van der Waals surface area contributed by atoms with E-state index in [0.29, 0.717) is 23.1 Å². The van der Waals surface area contributed by atoms with E-state index in [4.69, 9.17) is 23.2 Å².